The van der Waals surface area contributed by atoms with Gasteiger partial charge >= 0.3 is 0 Å². The number of methoxy groups -OCH3 is 1. The first kappa shape index (κ1) is 12.6. The summed E-state index contributed by atoms with van der Waals surface area (Å²) in [6, 6.07) is 1.79. The summed E-state index contributed by atoms with van der Waals surface area (Å²) in [5, 5.41) is 1.35. The molecule has 0 aromatic carbocycles. The summed E-state index contributed by atoms with van der Waals surface area (Å²) in [5.41, 5.74) is 6.66. The standard InChI is InChI=1S/C12H19N3OS/c1-8-6-11(13)15-12(14-8)17-10-5-3-4-9(7-10)16-2/h6,9-10H,3-5,7H2,1-2H3,(H2,13,14,15)/t9-,10+/m0/s1. The summed E-state index contributed by atoms with van der Waals surface area (Å²) in [6.07, 6.45) is 5.07. The highest BCUT2D eigenvalue weighted by molar-refractivity contribution is 7.99. The van der Waals surface area contributed by atoms with Gasteiger partial charge in [0.05, 0.1) is 6.10 Å². The Bertz CT molecular complexity index is 366. The zero-order valence-corrected chi connectivity index (χ0v) is 11.2. The molecule has 0 aliphatic heterocycles. The first-order valence-corrected chi connectivity index (χ1v) is 6.86. The van der Waals surface area contributed by atoms with Crippen LogP contribution in [0.3, 0.4) is 0 Å². The molecule has 1 aliphatic carbocycles. The second kappa shape index (κ2) is 5.69. The van der Waals surface area contributed by atoms with Gasteiger partial charge < -0.3 is 10.5 Å². The van der Waals surface area contributed by atoms with Crippen LogP contribution in [0.15, 0.2) is 11.2 Å². The Labute approximate surface area is 106 Å². The maximum absolute atomic E-state index is 5.73. The Balaban J connectivity index is 2.00. The van der Waals surface area contributed by atoms with Gasteiger partial charge in [-0.05, 0) is 32.6 Å². The molecule has 0 bridgehead atoms. The largest absolute Gasteiger partial charge is 0.384 e. The number of thioether (sulfide) groups is 1. The number of nitrogens with two attached hydrogens (primary N) is 1. The fraction of sp³-hybridized carbons (Fsp3) is 0.667. The maximum Gasteiger partial charge on any atom is 0.189 e. The highest BCUT2D eigenvalue weighted by Gasteiger charge is 2.23. The Morgan fingerprint density at radius 1 is 1.41 bits per heavy atom. The third-order valence-electron chi connectivity index (χ3n) is 3.04. The molecule has 0 amide bonds. The first-order chi connectivity index (χ1) is 8.17. The molecule has 1 aliphatic rings. The molecule has 1 aromatic heterocycles. The summed E-state index contributed by atoms with van der Waals surface area (Å²) >= 11 is 1.73. The van der Waals surface area contributed by atoms with Crippen LogP contribution in [0.5, 0.6) is 0 Å². The maximum atomic E-state index is 5.73. The van der Waals surface area contributed by atoms with Gasteiger partial charge in [0, 0.05) is 24.1 Å². The van der Waals surface area contributed by atoms with Gasteiger partial charge in [-0.2, -0.15) is 0 Å². The van der Waals surface area contributed by atoms with Crippen LogP contribution in [0.4, 0.5) is 5.82 Å². The number of aromatic nitrogens is 2. The molecule has 5 heteroatoms. The van der Waals surface area contributed by atoms with E-state index >= 15 is 0 Å². The van der Waals surface area contributed by atoms with Gasteiger partial charge in [0.15, 0.2) is 5.16 Å². The Hall–Kier alpha value is -0.810. The molecular weight excluding hydrogens is 234 g/mol. The van der Waals surface area contributed by atoms with Crippen LogP contribution in [-0.2, 0) is 4.74 Å². The summed E-state index contributed by atoms with van der Waals surface area (Å²) < 4.78 is 5.43. The smallest absolute Gasteiger partial charge is 0.189 e. The van der Waals surface area contributed by atoms with Crippen molar-refractivity contribution in [2.45, 2.75) is 49.1 Å². The number of hydrogen-bond donors (Lipinski definition) is 1. The molecule has 1 saturated carbocycles. The van der Waals surface area contributed by atoms with E-state index in [1.54, 1.807) is 24.9 Å². The van der Waals surface area contributed by atoms with Crippen LogP contribution in [0, 0.1) is 6.92 Å². The van der Waals surface area contributed by atoms with Crippen LogP contribution >= 0.6 is 11.8 Å². The van der Waals surface area contributed by atoms with Crippen LogP contribution in [-0.4, -0.2) is 28.4 Å². The minimum Gasteiger partial charge on any atom is -0.384 e. The number of nitrogen functional groups attached to an aromatic ring is 1. The summed E-state index contributed by atoms with van der Waals surface area (Å²) in [5.74, 6) is 0.555. The van der Waals surface area contributed by atoms with E-state index in [2.05, 4.69) is 9.97 Å². The second-order valence-corrected chi connectivity index (χ2v) is 5.75. The highest BCUT2D eigenvalue weighted by atomic mass is 32.2. The average Bonchev–Trinajstić information content (AvgIpc) is 2.28. The van der Waals surface area contributed by atoms with Gasteiger partial charge in [-0.15, -0.1) is 0 Å². The fourth-order valence-electron chi connectivity index (χ4n) is 2.19. The van der Waals surface area contributed by atoms with Crippen LogP contribution in [0.2, 0.25) is 0 Å². The van der Waals surface area contributed by atoms with E-state index in [9.17, 15) is 0 Å². The van der Waals surface area contributed by atoms with Crippen molar-refractivity contribution in [2.75, 3.05) is 12.8 Å². The summed E-state index contributed by atoms with van der Waals surface area (Å²) in [6.45, 7) is 1.95. The van der Waals surface area contributed by atoms with Crippen molar-refractivity contribution in [1.29, 1.82) is 0 Å². The lowest BCUT2D eigenvalue weighted by molar-refractivity contribution is 0.0730. The summed E-state index contributed by atoms with van der Waals surface area (Å²) in [7, 11) is 1.79. The van der Waals surface area contributed by atoms with Crippen molar-refractivity contribution in [2.24, 2.45) is 0 Å². The molecule has 0 spiro atoms. The van der Waals surface area contributed by atoms with Crippen LogP contribution in [0.1, 0.15) is 31.4 Å². The quantitative estimate of drug-likeness (QED) is 0.838. The molecule has 94 valence electrons. The molecule has 0 saturated heterocycles. The second-order valence-electron chi connectivity index (χ2n) is 4.48. The van der Waals surface area contributed by atoms with E-state index in [-0.39, 0.29) is 0 Å². The molecule has 0 radical (unpaired) electrons. The van der Waals surface area contributed by atoms with Crippen molar-refractivity contribution < 1.29 is 4.74 Å². The van der Waals surface area contributed by atoms with E-state index in [1.807, 2.05) is 6.92 Å². The lowest BCUT2D eigenvalue weighted by Crippen LogP contribution is -2.23. The number of rotatable bonds is 3. The lowest BCUT2D eigenvalue weighted by atomic mass is 9.97. The van der Waals surface area contributed by atoms with Gasteiger partial charge in [0.2, 0.25) is 0 Å². The molecule has 2 atom stereocenters. The number of nitrogens with zero attached hydrogens (tertiary/aromatic N) is 2. The zero-order chi connectivity index (χ0) is 12.3. The van der Waals surface area contributed by atoms with Crippen molar-refractivity contribution in [3.05, 3.63) is 11.8 Å². The van der Waals surface area contributed by atoms with Gasteiger partial charge in [-0.25, -0.2) is 9.97 Å². The molecule has 1 heterocycles. The SMILES string of the molecule is CO[C@H]1CCC[C@@H](Sc2nc(C)cc(N)n2)C1. The van der Waals surface area contributed by atoms with Gasteiger partial charge in [-0.3, -0.25) is 0 Å². The number of aryl methyl sites for hydroxylation is 1. The highest BCUT2D eigenvalue weighted by Crippen LogP contribution is 2.33. The predicted octanol–water partition coefficient (Wildman–Crippen LogP) is 2.42. The minimum absolute atomic E-state index is 0.392. The summed E-state index contributed by atoms with van der Waals surface area (Å²) in [4.78, 5) is 8.68. The third-order valence-corrected chi connectivity index (χ3v) is 4.19. The number of anilines is 1. The Kier molecular flexibility index (Phi) is 4.23. The molecule has 0 unspecified atom stereocenters. The Morgan fingerprint density at radius 2 is 2.24 bits per heavy atom. The average molecular weight is 253 g/mol. The zero-order valence-electron chi connectivity index (χ0n) is 10.3. The van der Waals surface area contributed by atoms with Gasteiger partial charge in [0.1, 0.15) is 5.82 Å². The van der Waals surface area contributed by atoms with E-state index in [1.165, 1.54) is 19.3 Å². The topological polar surface area (TPSA) is 61.0 Å². The normalized spacial score (nSPS) is 24.8. The van der Waals surface area contributed by atoms with E-state index < -0.39 is 0 Å². The molecule has 2 N–H and O–H groups in total. The van der Waals surface area contributed by atoms with E-state index in [0.717, 1.165) is 17.3 Å². The van der Waals surface area contributed by atoms with Gasteiger partial charge in [0.25, 0.3) is 0 Å². The third kappa shape index (κ3) is 3.57. The lowest BCUT2D eigenvalue weighted by Gasteiger charge is -2.27. The van der Waals surface area contributed by atoms with E-state index in [0.29, 0.717) is 17.2 Å². The molecule has 2 rings (SSSR count). The van der Waals surface area contributed by atoms with Gasteiger partial charge in [-0.1, -0.05) is 11.8 Å². The van der Waals surface area contributed by atoms with Crippen LogP contribution < -0.4 is 5.73 Å². The minimum atomic E-state index is 0.392. The number of ether oxygens (including phenoxy) is 1. The van der Waals surface area contributed by atoms with Crippen molar-refractivity contribution in [1.82, 2.24) is 9.97 Å². The molecule has 4 nitrogen and oxygen atoms in total. The van der Waals surface area contributed by atoms with E-state index in [4.69, 9.17) is 10.5 Å². The molecule has 1 fully saturated rings. The van der Waals surface area contributed by atoms with Crippen molar-refractivity contribution in [3.63, 3.8) is 0 Å². The Morgan fingerprint density at radius 3 is 2.94 bits per heavy atom. The van der Waals surface area contributed by atoms with Crippen molar-refractivity contribution >= 4 is 17.6 Å². The first-order valence-electron chi connectivity index (χ1n) is 5.98. The molecule has 17 heavy (non-hydrogen) atoms. The number of hydrogen-bond acceptors (Lipinski definition) is 5. The molecule has 1 aromatic rings. The van der Waals surface area contributed by atoms with Crippen molar-refractivity contribution in [3.8, 4) is 0 Å². The molecular formula is C12H19N3OS. The van der Waals surface area contributed by atoms with Crippen LogP contribution in [0.25, 0.3) is 0 Å². The predicted molar refractivity (Wildman–Crippen MR) is 70.1 cm³/mol. The monoisotopic (exact) mass is 253 g/mol. The fourth-order valence-corrected chi connectivity index (χ4v) is 3.44.